The first-order valence-electron chi connectivity index (χ1n) is 5.77. The molecule has 0 aliphatic carbocycles. The summed E-state index contributed by atoms with van der Waals surface area (Å²) in [4.78, 5) is 1.66. The van der Waals surface area contributed by atoms with Crippen molar-refractivity contribution in [1.82, 2.24) is 20.2 Å². The van der Waals surface area contributed by atoms with Crippen LogP contribution in [0.2, 0.25) is 0 Å². The lowest BCUT2D eigenvalue weighted by Crippen LogP contribution is -2.14. The Morgan fingerprint density at radius 2 is 2.06 bits per heavy atom. The van der Waals surface area contributed by atoms with E-state index in [-0.39, 0.29) is 0 Å². The Hall–Kier alpha value is -1.36. The maximum atomic E-state index is 4.38. The van der Waals surface area contributed by atoms with Gasteiger partial charge in [-0.1, -0.05) is 43.7 Å². The first-order chi connectivity index (χ1) is 8.33. The highest BCUT2D eigenvalue weighted by molar-refractivity contribution is 7.80. The lowest BCUT2D eigenvalue weighted by Gasteiger charge is -2.08. The molecule has 1 aromatic carbocycles. The zero-order chi connectivity index (χ0) is 12.1. The van der Waals surface area contributed by atoms with Gasteiger partial charge in [0.2, 0.25) is 5.82 Å². The second-order valence-corrected chi connectivity index (χ2v) is 4.36. The van der Waals surface area contributed by atoms with Crippen molar-refractivity contribution in [3.63, 3.8) is 0 Å². The molecule has 1 heterocycles. The van der Waals surface area contributed by atoms with Crippen LogP contribution in [0.5, 0.6) is 0 Å². The average molecular weight is 248 g/mol. The minimum atomic E-state index is 0.496. The summed E-state index contributed by atoms with van der Waals surface area (Å²) in [6.07, 6.45) is 1.08. The van der Waals surface area contributed by atoms with Gasteiger partial charge in [0.05, 0.1) is 6.54 Å². The van der Waals surface area contributed by atoms with Gasteiger partial charge >= 0.3 is 0 Å². The number of hydrogen-bond donors (Lipinski definition) is 1. The van der Waals surface area contributed by atoms with E-state index in [4.69, 9.17) is 0 Å². The molecule has 0 spiro atoms. The SMILES string of the molecule is CCC(CS)Cn1nnc(-c2ccccc2)n1. The summed E-state index contributed by atoms with van der Waals surface area (Å²) in [5, 5.41) is 12.5. The molecule has 0 bridgehead atoms. The molecule has 17 heavy (non-hydrogen) atoms. The Bertz CT molecular complexity index is 451. The third-order valence-corrected chi connectivity index (χ3v) is 3.26. The van der Waals surface area contributed by atoms with Gasteiger partial charge in [-0.15, -0.1) is 10.2 Å². The van der Waals surface area contributed by atoms with E-state index in [0.717, 1.165) is 24.3 Å². The highest BCUT2D eigenvalue weighted by atomic mass is 32.1. The van der Waals surface area contributed by atoms with E-state index in [0.29, 0.717) is 11.7 Å². The summed E-state index contributed by atoms with van der Waals surface area (Å²) in [5.74, 6) is 2.02. The molecule has 1 atom stereocenters. The number of thiol groups is 1. The normalized spacial score (nSPS) is 12.6. The summed E-state index contributed by atoms with van der Waals surface area (Å²) in [6, 6.07) is 9.88. The van der Waals surface area contributed by atoms with Crippen molar-refractivity contribution in [1.29, 1.82) is 0 Å². The van der Waals surface area contributed by atoms with E-state index in [1.165, 1.54) is 0 Å². The molecule has 2 aromatic rings. The quantitative estimate of drug-likeness (QED) is 0.826. The molecule has 0 amide bonds. The Kier molecular flexibility index (Phi) is 4.14. The molecule has 1 aromatic heterocycles. The summed E-state index contributed by atoms with van der Waals surface area (Å²) in [5.41, 5.74) is 0.998. The molecular weight excluding hydrogens is 232 g/mol. The molecular formula is C12H16N4S. The van der Waals surface area contributed by atoms with Crippen LogP contribution in [-0.2, 0) is 6.54 Å². The second-order valence-electron chi connectivity index (χ2n) is 3.99. The van der Waals surface area contributed by atoms with E-state index >= 15 is 0 Å². The monoisotopic (exact) mass is 248 g/mol. The highest BCUT2D eigenvalue weighted by Crippen LogP contribution is 2.13. The summed E-state index contributed by atoms with van der Waals surface area (Å²) in [7, 11) is 0. The van der Waals surface area contributed by atoms with Crippen LogP contribution in [0.3, 0.4) is 0 Å². The van der Waals surface area contributed by atoms with Crippen molar-refractivity contribution < 1.29 is 0 Å². The second kappa shape index (κ2) is 5.82. The summed E-state index contributed by atoms with van der Waals surface area (Å²) >= 11 is 4.31. The number of benzene rings is 1. The highest BCUT2D eigenvalue weighted by Gasteiger charge is 2.09. The van der Waals surface area contributed by atoms with E-state index in [9.17, 15) is 0 Å². The Morgan fingerprint density at radius 3 is 2.71 bits per heavy atom. The predicted molar refractivity (Wildman–Crippen MR) is 70.9 cm³/mol. The maximum absolute atomic E-state index is 4.38. The van der Waals surface area contributed by atoms with Gasteiger partial charge < -0.3 is 0 Å². The molecule has 0 aliphatic heterocycles. The maximum Gasteiger partial charge on any atom is 0.204 e. The lowest BCUT2D eigenvalue weighted by molar-refractivity contribution is 0.403. The van der Waals surface area contributed by atoms with E-state index in [2.05, 4.69) is 35.0 Å². The molecule has 0 saturated heterocycles. The zero-order valence-electron chi connectivity index (χ0n) is 9.82. The van der Waals surface area contributed by atoms with Crippen molar-refractivity contribution in [3.8, 4) is 11.4 Å². The number of aromatic nitrogens is 4. The molecule has 4 nitrogen and oxygen atoms in total. The van der Waals surface area contributed by atoms with Gasteiger partial charge in [0.25, 0.3) is 0 Å². The van der Waals surface area contributed by atoms with Crippen molar-refractivity contribution >= 4 is 12.6 Å². The molecule has 5 heteroatoms. The van der Waals surface area contributed by atoms with E-state index in [1.807, 2.05) is 30.3 Å². The standard InChI is InChI=1S/C12H16N4S/c1-2-10(9-17)8-16-14-12(13-15-16)11-6-4-3-5-7-11/h3-7,10,17H,2,8-9H2,1H3. The van der Waals surface area contributed by atoms with Gasteiger partial charge in [-0.2, -0.15) is 17.4 Å². The Labute approximate surface area is 106 Å². The number of rotatable bonds is 5. The summed E-state index contributed by atoms with van der Waals surface area (Å²) < 4.78 is 0. The Morgan fingerprint density at radius 1 is 1.29 bits per heavy atom. The van der Waals surface area contributed by atoms with Crippen LogP contribution in [0.1, 0.15) is 13.3 Å². The number of nitrogens with zero attached hydrogens (tertiary/aromatic N) is 4. The minimum absolute atomic E-state index is 0.496. The third-order valence-electron chi connectivity index (χ3n) is 2.74. The molecule has 0 saturated carbocycles. The molecule has 0 aliphatic rings. The number of hydrogen-bond acceptors (Lipinski definition) is 4. The molecule has 0 N–H and O–H groups in total. The van der Waals surface area contributed by atoms with Crippen molar-refractivity contribution in [3.05, 3.63) is 30.3 Å². The largest absolute Gasteiger partial charge is 0.204 e. The van der Waals surface area contributed by atoms with Gasteiger partial charge in [0.1, 0.15) is 0 Å². The molecule has 1 unspecified atom stereocenters. The molecule has 0 fully saturated rings. The van der Waals surface area contributed by atoms with Crippen molar-refractivity contribution in [2.75, 3.05) is 5.75 Å². The average Bonchev–Trinajstić information content (AvgIpc) is 2.85. The van der Waals surface area contributed by atoms with Gasteiger partial charge in [-0.3, -0.25) is 0 Å². The fraction of sp³-hybridized carbons (Fsp3) is 0.417. The molecule has 2 rings (SSSR count). The molecule has 0 radical (unpaired) electrons. The van der Waals surface area contributed by atoms with E-state index < -0.39 is 0 Å². The third kappa shape index (κ3) is 3.06. The first kappa shape index (κ1) is 12.1. The summed E-state index contributed by atoms with van der Waals surface area (Å²) in [6.45, 7) is 2.93. The zero-order valence-corrected chi connectivity index (χ0v) is 10.7. The first-order valence-corrected chi connectivity index (χ1v) is 6.40. The van der Waals surface area contributed by atoms with E-state index in [1.54, 1.807) is 4.80 Å². The molecule has 90 valence electrons. The van der Waals surface area contributed by atoms with Gasteiger partial charge in [-0.05, 0) is 16.9 Å². The van der Waals surface area contributed by atoms with Gasteiger partial charge in [0, 0.05) is 5.56 Å². The van der Waals surface area contributed by atoms with Crippen LogP contribution in [0.15, 0.2) is 30.3 Å². The van der Waals surface area contributed by atoms with Gasteiger partial charge in [0.15, 0.2) is 0 Å². The topological polar surface area (TPSA) is 43.6 Å². The smallest absolute Gasteiger partial charge is 0.179 e. The Balaban J connectivity index is 2.11. The van der Waals surface area contributed by atoms with Crippen molar-refractivity contribution in [2.45, 2.75) is 19.9 Å². The lowest BCUT2D eigenvalue weighted by atomic mass is 10.1. The van der Waals surface area contributed by atoms with Crippen LogP contribution in [0.4, 0.5) is 0 Å². The fourth-order valence-corrected chi connectivity index (χ4v) is 1.94. The van der Waals surface area contributed by atoms with Crippen LogP contribution in [0.25, 0.3) is 11.4 Å². The predicted octanol–water partition coefficient (Wildman–Crippen LogP) is 2.30. The fourth-order valence-electron chi connectivity index (χ4n) is 1.57. The van der Waals surface area contributed by atoms with Crippen LogP contribution < -0.4 is 0 Å². The minimum Gasteiger partial charge on any atom is -0.179 e. The van der Waals surface area contributed by atoms with Crippen LogP contribution >= 0.6 is 12.6 Å². The van der Waals surface area contributed by atoms with Crippen LogP contribution in [0, 0.1) is 5.92 Å². The number of tetrazole rings is 1. The van der Waals surface area contributed by atoms with Crippen molar-refractivity contribution in [2.24, 2.45) is 5.92 Å². The van der Waals surface area contributed by atoms with Gasteiger partial charge in [-0.25, -0.2) is 0 Å². The van der Waals surface area contributed by atoms with Crippen LogP contribution in [-0.4, -0.2) is 26.0 Å².